The van der Waals surface area contributed by atoms with Gasteiger partial charge in [0.1, 0.15) is 23.7 Å². The third-order valence-electron chi connectivity index (χ3n) is 4.87. The van der Waals surface area contributed by atoms with Crippen molar-refractivity contribution in [3.8, 4) is 30.4 Å². The van der Waals surface area contributed by atoms with Gasteiger partial charge in [-0.2, -0.15) is 0 Å². The number of hydrogen-bond acceptors (Lipinski definition) is 11. The van der Waals surface area contributed by atoms with Gasteiger partial charge in [0, 0.05) is 19.2 Å². The van der Waals surface area contributed by atoms with Crippen molar-refractivity contribution in [2.75, 3.05) is 119 Å². The molecule has 0 saturated heterocycles. The Labute approximate surface area is 239 Å². The van der Waals surface area contributed by atoms with Crippen molar-refractivity contribution in [2.24, 2.45) is 0 Å². The molecular formula is C29H45NO10. The standard InChI is InChI=1S/C29H45NO10/c1-5-27-23-29(24-28(6-2)30-27)40-25-26(3)39-22-21-38-20-19-37-18-17-36-16-15-35-14-13-34-12-11-33-10-9-32-8-7-31-4/h1-2,23-24,26H,7-22,25H2,3-4H3/t26-/m1/s1. The van der Waals surface area contributed by atoms with Gasteiger partial charge in [-0.1, -0.05) is 11.8 Å². The van der Waals surface area contributed by atoms with Crippen molar-refractivity contribution in [1.29, 1.82) is 0 Å². The molecule has 0 N–H and O–H groups in total. The van der Waals surface area contributed by atoms with Crippen LogP contribution < -0.4 is 4.74 Å². The molecule has 1 atom stereocenters. The predicted molar refractivity (Wildman–Crippen MR) is 149 cm³/mol. The van der Waals surface area contributed by atoms with Crippen molar-refractivity contribution < 1.29 is 47.4 Å². The number of hydrogen-bond donors (Lipinski definition) is 0. The summed E-state index contributed by atoms with van der Waals surface area (Å²) >= 11 is 0. The van der Waals surface area contributed by atoms with E-state index in [0.29, 0.717) is 129 Å². The molecule has 0 amide bonds. The number of terminal acetylenes is 2. The van der Waals surface area contributed by atoms with Gasteiger partial charge >= 0.3 is 0 Å². The van der Waals surface area contributed by atoms with Crippen LogP contribution >= 0.6 is 0 Å². The highest BCUT2D eigenvalue weighted by atomic mass is 16.6. The average Bonchev–Trinajstić information content (AvgIpc) is 2.98. The van der Waals surface area contributed by atoms with Gasteiger partial charge in [-0.05, 0) is 6.92 Å². The van der Waals surface area contributed by atoms with E-state index in [4.69, 9.17) is 60.2 Å². The molecule has 0 spiro atoms. The van der Waals surface area contributed by atoms with Crippen LogP contribution in [0.1, 0.15) is 18.3 Å². The second kappa shape index (κ2) is 26.9. The minimum Gasteiger partial charge on any atom is -0.491 e. The minimum atomic E-state index is -0.132. The summed E-state index contributed by atoms with van der Waals surface area (Å²) < 4.78 is 54.3. The second-order valence-electron chi connectivity index (χ2n) is 8.13. The Morgan fingerprint density at radius 3 is 1.30 bits per heavy atom. The molecule has 40 heavy (non-hydrogen) atoms. The Morgan fingerprint density at radius 2 is 0.950 bits per heavy atom. The molecule has 1 aromatic heterocycles. The van der Waals surface area contributed by atoms with E-state index in [-0.39, 0.29) is 6.10 Å². The summed E-state index contributed by atoms with van der Waals surface area (Å²) in [7, 11) is 1.64. The zero-order valence-electron chi connectivity index (χ0n) is 23.9. The van der Waals surface area contributed by atoms with Crippen LogP contribution in [-0.2, 0) is 42.6 Å². The van der Waals surface area contributed by atoms with Crippen molar-refractivity contribution in [2.45, 2.75) is 13.0 Å². The number of aromatic nitrogens is 1. The van der Waals surface area contributed by atoms with Crippen molar-refractivity contribution >= 4 is 0 Å². The summed E-state index contributed by atoms with van der Waals surface area (Å²) in [6.07, 6.45) is 10.6. The topological polar surface area (TPSA) is 105 Å². The fourth-order valence-electron chi connectivity index (χ4n) is 2.87. The van der Waals surface area contributed by atoms with E-state index < -0.39 is 0 Å². The number of nitrogens with zero attached hydrogens (tertiary/aromatic N) is 1. The normalized spacial score (nSPS) is 11.7. The molecule has 0 aromatic carbocycles. The lowest BCUT2D eigenvalue weighted by molar-refractivity contribution is -0.0309. The molecule has 0 radical (unpaired) electrons. The third kappa shape index (κ3) is 21.5. The van der Waals surface area contributed by atoms with Gasteiger partial charge in [0.2, 0.25) is 0 Å². The Balaban J connectivity index is 1.78. The fraction of sp³-hybridized carbons (Fsp3) is 0.690. The van der Waals surface area contributed by atoms with Gasteiger partial charge in [-0.15, -0.1) is 12.8 Å². The molecule has 0 aliphatic heterocycles. The van der Waals surface area contributed by atoms with Crippen LogP contribution in [0.3, 0.4) is 0 Å². The van der Waals surface area contributed by atoms with Gasteiger partial charge in [-0.25, -0.2) is 4.98 Å². The SMILES string of the molecule is C#Cc1cc(OC[C@@H](C)OCCOCCOCCOCCOCCOCCOCCOCCOC)cc(C#C)n1. The fourth-order valence-corrected chi connectivity index (χ4v) is 2.87. The Morgan fingerprint density at radius 1 is 0.600 bits per heavy atom. The first-order valence-electron chi connectivity index (χ1n) is 13.4. The van der Waals surface area contributed by atoms with Crippen LogP contribution in [0.25, 0.3) is 0 Å². The molecule has 0 aliphatic rings. The molecule has 0 unspecified atom stereocenters. The Bertz CT molecular complexity index is 779. The lowest BCUT2D eigenvalue weighted by atomic mass is 10.3. The van der Waals surface area contributed by atoms with Crippen LogP contribution in [0.15, 0.2) is 12.1 Å². The van der Waals surface area contributed by atoms with Gasteiger partial charge in [-0.3, -0.25) is 0 Å². The summed E-state index contributed by atoms with van der Waals surface area (Å²) in [5.41, 5.74) is 0.865. The molecule has 0 aliphatic carbocycles. The van der Waals surface area contributed by atoms with Crippen LogP contribution in [0.4, 0.5) is 0 Å². The maximum atomic E-state index is 5.71. The molecule has 226 valence electrons. The first-order valence-corrected chi connectivity index (χ1v) is 13.4. The zero-order chi connectivity index (χ0) is 28.9. The van der Waals surface area contributed by atoms with Crippen molar-refractivity contribution in [3.05, 3.63) is 23.5 Å². The molecular weight excluding hydrogens is 522 g/mol. The third-order valence-corrected chi connectivity index (χ3v) is 4.87. The number of rotatable bonds is 28. The van der Waals surface area contributed by atoms with Crippen LogP contribution in [0.5, 0.6) is 5.75 Å². The Hall–Kier alpha value is -2.29. The summed E-state index contributed by atoms with van der Waals surface area (Å²) in [6, 6.07) is 3.33. The first-order chi connectivity index (χ1) is 19.7. The first kappa shape index (κ1) is 35.7. The smallest absolute Gasteiger partial charge is 0.125 e. The lowest BCUT2D eigenvalue weighted by Gasteiger charge is -2.15. The molecule has 1 rings (SSSR count). The second-order valence-corrected chi connectivity index (χ2v) is 8.13. The monoisotopic (exact) mass is 567 g/mol. The van der Waals surface area contributed by atoms with E-state index >= 15 is 0 Å². The lowest BCUT2D eigenvalue weighted by Crippen LogP contribution is -2.21. The van der Waals surface area contributed by atoms with Crippen LogP contribution in [0, 0.1) is 24.7 Å². The van der Waals surface area contributed by atoms with Gasteiger partial charge in [0.05, 0.1) is 112 Å². The van der Waals surface area contributed by atoms with E-state index in [2.05, 4.69) is 16.8 Å². The average molecular weight is 568 g/mol. The predicted octanol–water partition coefficient (Wildman–Crippen LogP) is 1.59. The largest absolute Gasteiger partial charge is 0.491 e. The van der Waals surface area contributed by atoms with E-state index in [1.54, 1.807) is 19.2 Å². The molecule has 0 bridgehead atoms. The van der Waals surface area contributed by atoms with Crippen molar-refractivity contribution in [1.82, 2.24) is 4.98 Å². The quantitative estimate of drug-likeness (QED) is 0.109. The minimum absolute atomic E-state index is 0.132. The van der Waals surface area contributed by atoms with Crippen molar-refractivity contribution in [3.63, 3.8) is 0 Å². The van der Waals surface area contributed by atoms with Crippen LogP contribution in [-0.4, -0.2) is 131 Å². The highest BCUT2D eigenvalue weighted by Crippen LogP contribution is 2.14. The summed E-state index contributed by atoms with van der Waals surface area (Å²) in [5, 5.41) is 0. The van der Waals surface area contributed by atoms with E-state index in [1.165, 1.54) is 0 Å². The highest BCUT2D eigenvalue weighted by Gasteiger charge is 2.06. The number of ether oxygens (including phenoxy) is 10. The summed E-state index contributed by atoms with van der Waals surface area (Å²) in [4.78, 5) is 4.10. The molecule has 0 saturated carbocycles. The summed E-state index contributed by atoms with van der Waals surface area (Å²) in [5.74, 6) is 5.48. The molecule has 11 nitrogen and oxygen atoms in total. The molecule has 1 heterocycles. The summed E-state index contributed by atoms with van der Waals surface area (Å²) in [6.45, 7) is 10.5. The van der Waals surface area contributed by atoms with E-state index in [1.807, 2.05) is 6.92 Å². The van der Waals surface area contributed by atoms with Gasteiger partial charge in [0.25, 0.3) is 0 Å². The number of pyridine rings is 1. The molecule has 11 heteroatoms. The molecule has 1 aromatic rings. The van der Waals surface area contributed by atoms with Gasteiger partial charge < -0.3 is 47.4 Å². The van der Waals surface area contributed by atoms with Gasteiger partial charge in [0.15, 0.2) is 0 Å². The maximum Gasteiger partial charge on any atom is 0.125 e. The maximum absolute atomic E-state index is 5.71. The zero-order valence-corrected chi connectivity index (χ0v) is 23.9. The van der Waals surface area contributed by atoms with Crippen LogP contribution in [0.2, 0.25) is 0 Å². The Kier molecular flexibility index (Phi) is 24.0. The highest BCUT2D eigenvalue weighted by molar-refractivity contribution is 5.39. The van der Waals surface area contributed by atoms with E-state index in [9.17, 15) is 0 Å². The number of methoxy groups -OCH3 is 1. The molecule has 0 fully saturated rings. The van der Waals surface area contributed by atoms with E-state index in [0.717, 1.165) is 0 Å².